The lowest BCUT2D eigenvalue weighted by atomic mass is 10.1. The average molecular weight is 601 g/mol. The van der Waals surface area contributed by atoms with Crippen molar-refractivity contribution in [1.82, 2.24) is 4.90 Å². The van der Waals surface area contributed by atoms with Crippen molar-refractivity contribution in [2.75, 3.05) is 61.1 Å². The van der Waals surface area contributed by atoms with E-state index in [2.05, 4.69) is 29.0 Å². The predicted octanol–water partition coefficient (Wildman–Crippen LogP) is 5.62. The molecule has 0 aromatic heterocycles. The van der Waals surface area contributed by atoms with Gasteiger partial charge in [-0.15, -0.1) is 0 Å². The molecule has 3 aromatic rings. The van der Waals surface area contributed by atoms with Gasteiger partial charge in [0.25, 0.3) is 11.1 Å². The van der Waals surface area contributed by atoms with Crippen LogP contribution in [0.3, 0.4) is 0 Å². The van der Waals surface area contributed by atoms with E-state index in [-0.39, 0.29) is 11.4 Å². The van der Waals surface area contributed by atoms with Crippen LogP contribution < -0.4 is 19.9 Å². The second kappa shape index (κ2) is 14.3. The number of carbonyl (C=O) groups excluding carboxylic acids is 3. The van der Waals surface area contributed by atoms with E-state index in [0.29, 0.717) is 49.9 Å². The van der Waals surface area contributed by atoms with Crippen molar-refractivity contribution < 1.29 is 23.9 Å². The fourth-order valence-corrected chi connectivity index (χ4v) is 5.89. The number of nitrogens with zero attached hydrogens (tertiary/aromatic N) is 3. The van der Waals surface area contributed by atoms with Gasteiger partial charge in [0.15, 0.2) is 0 Å². The van der Waals surface area contributed by atoms with Crippen LogP contribution in [0.25, 0.3) is 6.08 Å². The molecule has 0 unspecified atom stereocenters. The number of rotatable bonds is 11. The Morgan fingerprint density at radius 2 is 1.72 bits per heavy atom. The van der Waals surface area contributed by atoms with E-state index >= 15 is 0 Å². The fraction of sp³-hybridized carbons (Fsp3) is 0.303. The summed E-state index contributed by atoms with van der Waals surface area (Å²) in [6.45, 7) is 8.50. The average Bonchev–Trinajstić information content (AvgIpc) is 3.29. The Morgan fingerprint density at radius 1 is 1.00 bits per heavy atom. The lowest BCUT2D eigenvalue weighted by Gasteiger charge is -2.30. The molecule has 0 atom stereocenters. The third-order valence-electron chi connectivity index (χ3n) is 7.35. The molecular formula is C33H36N4O5S. The van der Waals surface area contributed by atoms with Gasteiger partial charge in [-0.25, -0.2) is 0 Å². The van der Waals surface area contributed by atoms with Crippen LogP contribution in [0.15, 0.2) is 77.7 Å². The Bertz CT molecular complexity index is 1490. The molecule has 0 saturated carbocycles. The van der Waals surface area contributed by atoms with Crippen molar-refractivity contribution in [3.05, 3.63) is 88.8 Å². The highest BCUT2D eigenvalue weighted by Gasteiger charge is 2.36. The molecule has 0 spiro atoms. The molecule has 3 amide bonds. The van der Waals surface area contributed by atoms with Crippen LogP contribution in [0.5, 0.6) is 5.75 Å². The van der Waals surface area contributed by atoms with Gasteiger partial charge in [0, 0.05) is 43.5 Å². The molecule has 43 heavy (non-hydrogen) atoms. The third kappa shape index (κ3) is 7.39. The van der Waals surface area contributed by atoms with Gasteiger partial charge in [-0.2, -0.15) is 0 Å². The summed E-state index contributed by atoms with van der Waals surface area (Å²) in [6.07, 6.45) is 1.67. The quantitative estimate of drug-likeness (QED) is 0.284. The van der Waals surface area contributed by atoms with Gasteiger partial charge in [0.1, 0.15) is 18.9 Å². The summed E-state index contributed by atoms with van der Waals surface area (Å²) in [5.74, 6) is -0.342. The molecule has 0 radical (unpaired) electrons. The Kier molecular flexibility index (Phi) is 10.0. The smallest absolute Gasteiger partial charge is 0.294 e. The summed E-state index contributed by atoms with van der Waals surface area (Å²) in [4.78, 5) is 44.9. The molecule has 2 aliphatic heterocycles. The van der Waals surface area contributed by atoms with Crippen LogP contribution in [-0.4, -0.2) is 67.9 Å². The van der Waals surface area contributed by atoms with E-state index in [9.17, 15) is 14.4 Å². The maximum atomic E-state index is 13.3. The van der Waals surface area contributed by atoms with E-state index in [1.165, 1.54) is 0 Å². The van der Waals surface area contributed by atoms with Crippen LogP contribution in [0.4, 0.5) is 21.9 Å². The topological polar surface area (TPSA) is 91.4 Å². The third-order valence-corrected chi connectivity index (χ3v) is 8.26. The molecule has 2 aliphatic rings. The molecule has 2 saturated heterocycles. The standard InChI is InChI=1S/C33H36N4O5S/c1-3-35(4-2)26-15-14-25(29(21-26)42-23-24-10-6-5-7-11-24)20-30-32(39)37(33(40)43-30)22-31(38)34-27-12-8-9-13-28(27)36-16-18-41-19-17-36/h5-15,20-21H,3-4,16-19,22-23H2,1-2H3,(H,34,38)/b30-20+. The zero-order valence-corrected chi connectivity index (χ0v) is 25.3. The van der Waals surface area contributed by atoms with E-state index in [1.807, 2.05) is 72.8 Å². The maximum absolute atomic E-state index is 13.3. The lowest BCUT2D eigenvalue weighted by Crippen LogP contribution is -2.38. The molecule has 224 valence electrons. The Labute approximate surface area is 256 Å². The van der Waals surface area contributed by atoms with Crippen LogP contribution >= 0.6 is 11.8 Å². The zero-order chi connectivity index (χ0) is 30.2. The van der Waals surface area contributed by atoms with Crippen molar-refractivity contribution in [3.8, 4) is 5.75 Å². The number of amides is 3. The first-order chi connectivity index (χ1) is 21.0. The number of anilines is 3. The molecule has 1 N–H and O–H groups in total. The minimum Gasteiger partial charge on any atom is -0.488 e. The molecule has 0 aliphatic carbocycles. The van der Waals surface area contributed by atoms with Crippen LogP contribution in [0.1, 0.15) is 25.0 Å². The highest BCUT2D eigenvalue weighted by molar-refractivity contribution is 8.18. The van der Waals surface area contributed by atoms with Crippen molar-refractivity contribution in [3.63, 3.8) is 0 Å². The molecule has 9 nitrogen and oxygen atoms in total. The van der Waals surface area contributed by atoms with Gasteiger partial charge in [0.05, 0.1) is 29.5 Å². The minimum absolute atomic E-state index is 0.242. The molecule has 5 rings (SSSR count). The molecule has 3 aromatic carbocycles. The van der Waals surface area contributed by atoms with Crippen LogP contribution in [-0.2, 0) is 20.9 Å². The number of thioether (sulfide) groups is 1. The molecular weight excluding hydrogens is 564 g/mol. The second-order valence-electron chi connectivity index (χ2n) is 10.1. The minimum atomic E-state index is -0.506. The monoisotopic (exact) mass is 600 g/mol. The number of benzene rings is 3. The molecule has 2 heterocycles. The number of hydrogen-bond donors (Lipinski definition) is 1. The second-order valence-corrected chi connectivity index (χ2v) is 11.1. The van der Waals surface area contributed by atoms with Crippen molar-refractivity contribution in [1.29, 1.82) is 0 Å². The number of imide groups is 1. The van der Waals surface area contributed by atoms with E-state index in [1.54, 1.807) is 6.08 Å². The van der Waals surface area contributed by atoms with Gasteiger partial charge in [-0.3, -0.25) is 19.3 Å². The highest BCUT2D eigenvalue weighted by Crippen LogP contribution is 2.36. The first-order valence-corrected chi connectivity index (χ1v) is 15.3. The van der Waals surface area contributed by atoms with Crippen LogP contribution in [0, 0.1) is 0 Å². The largest absolute Gasteiger partial charge is 0.488 e. The number of nitrogens with one attached hydrogen (secondary N) is 1. The SMILES string of the molecule is CCN(CC)c1ccc(/C=C2/SC(=O)N(CC(=O)Nc3ccccc3N3CCOCC3)C2=O)c(OCc2ccccc2)c1. The van der Waals surface area contributed by atoms with Gasteiger partial charge >= 0.3 is 0 Å². The maximum Gasteiger partial charge on any atom is 0.294 e. The van der Waals surface area contributed by atoms with Crippen molar-refractivity contribution in [2.24, 2.45) is 0 Å². The molecule has 10 heteroatoms. The molecule has 0 bridgehead atoms. The number of carbonyl (C=O) groups is 3. The van der Waals surface area contributed by atoms with Crippen LogP contribution in [0.2, 0.25) is 0 Å². The van der Waals surface area contributed by atoms with Gasteiger partial charge in [-0.1, -0.05) is 42.5 Å². The zero-order valence-electron chi connectivity index (χ0n) is 24.5. The van der Waals surface area contributed by atoms with E-state index < -0.39 is 17.1 Å². The summed E-state index contributed by atoms with van der Waals surface area (Å²) in [6, 6.07) is 23.2. The van der Waals surface area contributed by atoms with Crippen molar-refractivity contribution >= 4 is 52.0 Å². The van der Waals surface area contributed by atoms with E-state index in [0.717, 1.165) is 46.7 Å². The Hall–Kier alpha value is -4.28. The van der Waals surface area contributed by atoms with Gasteiger partial charge in [-0.05, 0) is 61.5 Å². The Morgan fingerprint density at radius 3 is 2.47 bits per heavy atom. The van der Waals surface area contributed by atoms with E-state index in [4.69, 9.17) is 9.47 Å². The number of ether oxygens (including phenoxy) is 2. The predicted molar refractivity (Wildman–Crippen MR) is 172 cm³/mol. The number of hydrogen-bond acceptors (Lipinski definition) is 8. The first-order valence-electron chi connectivity index (χ1n) is 14.5. The summed E-state index contributed by atoms with van der Waals surface area (Å²) in [5.41, 5.74) is 4.21. The first kappa shape index (κ1) is 30.2. The summed E-state index contributed by atoms with van der Waals surface area (Å²) in [5, 5.41) is 2.40. The summed E-state index contributed by atoms with van der Waals surface area (Å²) >= 11 is 0.824. The fourth-order valence-electron chi connectivity index (χ4n) is 5.06. The highest BCUT2D eigenvalue weighted by atomic mass is 32.2. The van der Waals surface area contributed by atoms with Gasteiger partial charge in [0.2, 0.25) is 5.91 Å². The number of morpholine rings is 1. The molecule has 2 fully saturated rings. The lowest BCUT2D eigenvalue weighted by molar-refractivity contribution is -0.127. The van der Waals surface area contributed by atoms with Gasteiger partial charge < -0.3 is 24.6 Å². The summed E-state index contributed by atoms with van der Waals surface area (Å²) < 4.78 is 11.7. The Balaban J connectivity index is 1.32. The normalized spacial score (nSPS) is 16.1. The number of para-hydroxylation sites is 2. The van der Waals surface area contributed by atoms with Crippen molar-refractivity contribution in [2.45, 2.75) is 20.5 Å². The summed E-state index contributed by atoms with van der Waals surface area (Å²) in [7, 11) is 0.